The molecule has 1 aromatic carbocycles. The van der Waals surface area contributed by atoms with E-state index in [2.05, 4.69) is 24.0 Å². The van der Waals surface area contributed by atoms with Crippen molar-refractivity contribution in [1.82, 2.24) is 0 Å². The zero-order chi connectivity index (χ0) is 14.6. The highest BCUT2D eigenvalue weighted by Crippen LogP contribution is 2.29. The van der Waals surface area contributed by atoms with Gasteiger partial charge in [0.1, 0.15) is 0 Å². The molecule has 1 rings (SSSR count). The molecule has 0 saturated carbocycles. The fraction of sp³-hybridized carbons (Fsp3) is 0.250. The minimum Gasteiger partial charge on any atom is -0.504 e. The van der Waals surface area contributed by atoms with Crippen LogP contribution in [0.15, 0.2) is 0 Å². The van der Waals surface area contributed by atoms with Crippen molar-refractivity contribution in [3.63, 3.8) is 0 Å². The smallest absolute Gasteiger partial charge is 0.504 e. The van der Waals surface area contributed by atoms with Gasteiger partial charge < -0.3 is 4.65 Å². The molecule has 0 aliphatic rings. The SMILES string of the molecule is COOB(OOC)Oc1c(F)c(F)c(F)c(F)c1F. The Kier molecular flexibility index (Phi) is 5.48. The average molecular weight is 288 g/mol. The van der Waals surface area contributed by atoms with Gasteiger partial charge in [0.2, 0.25) is 29.1 Å². The van der Waals surface area contributed by atoms with Crippen LogP contribution >= 0.6 is 0 Å². The molecule has 0 unspecified atom stereocenters. The van der Waals surface area contributed by atoms with Gasteiger partial charge in [0.15, 0.2) is 5.75 Å². The lowest BCUT2D eigenvalue weighted by Gasteiger charge is -2.13. The highest BCUT2D eigenvalue weighted by molar-refractivity contribution is 6.36. The molecule has 5 nitrogen and oxygen atoms in total. The second-order valence-electron chi connectivity index (χ2n) is 2.83. The van der Waals surface area contributed by atoms with Crippen LogP contribution in [0.5, 0.6) is 5.75 Å². The summed E-state index contributed by atoms with van der Waals surface area (Å²) >= 11 is 0. The first-order valence-corrected chi connectivity index (χ1v) is 4.51. The Bertz CT molecular complexity index is 425. The molecule has 19 heavy (non-hydrogen) atoms. The van der Waals surface area contributed by atoms with Gasteiger partial charge in [-0.25, -0.2) is 32.6 Å². The minimum absolute atomic E-state index is 0.980. The molecule has 0 bridgehead atoms. The summed E-state index contributed by atoms with van der Waals surface area (Å²) in [5.74, 6) is -12.7. The van der Waals surface area contributed by atoms with Crippen molar-refractivity contribution >= 4 is 7.32 Å². The average Bonchev–Trinajstić information content (AvgIpc) is 2.39. The lowest BCUT2D eigenvalue weighted by molar-refractivity contribution is -0.273. The van der Waals surface area contributed by atoms with E-state index in [0.717, 1.165) is 14.2 Å². The molecular formula is C8H6BF5O5. The largest absolute Gasteiger partial charge is 0.770 e. The van der Waals surface area contributed by atoms with Crippen LogP contribution < -0.4 is 4.65 Å². The minimum atomic E-state index is -2.32. The number of hydrogen-bond donors (Lipinski definition) is 0. The van der Waals surface area contributed by atoms with Gasteiger partial charge >= 0.3 is 7.32 Å². The lowest BCUT2D eigenvalue weighted by Crippen LogP contribution is -2.31. The Balaban J connectivity index is 3.12. The van der Waals surface area contributed by atoms with E-state index in [1.54, 1.807) is 0 Å². The Morgan fingerprint density at radius 1 is 0.684 bits per heavy atom. The standard InChI is InChI=1S/C8H6BF5O5/c1-15-18-9(19-16-2)17-8-6(13)4(11)3(10)5(12)7(8)14/h1-2H3. The molecule has 0 atom stereocenters. The fourth-order valence-corrected chi connectivity index (χ4v) is 0.997. The van der Waals surface area contributed by atoms with Crippen molar-refractivity contribution in [3.05, 3.63) is 29.1 Å². The number of rotatable bonds is 6. The van der Waals surface area contributed by atoms with E-state index in [0.29, 0.717) is 0 Å². The zero-order valence-electron chi connectivity index (χ0n) is 9.51. The van der Waals surface area contributed by atoms with Gasteiger partial charge in [0.05, 0.1) is 14.2 Å². The third kappa shape index (κ3) is 3.32. The summed E-state index contributed by atoms with van der Waals surface area (Å²) in [6, 6.07) is 0. The highest BCUT2D eigenvalue weighted by Gasteiger charge is 2.34. The van der Waals surface area contributed by atoms with Gasteiger partial charge in [-0.05, 0) is 0 Å². The van der Waals surface area contributed by atoms with Crippen LogP contribution in [0.1, 0.15) is 0 Å². The first-order valence-electron chi connectivity index (χ1n) is 4.51. The van der Waals surface area contributed by atoms with Gasteiger partial charge in [0, 0.05) is 0 Å². The van der Waals surface area contributed by atoms with Crippen LogP contribution in [0.25, 0.3) is 0 Å². The van der Waals surface area contributed by atoms with E-state index in [-0.39, 0.29) is 0 Å². The van der Waals surface area contributed by atoms with Crippen LogP contribution in [-0.2, 0) is 19.4 Å². The summed E-state index contributed by atoms with van der Waals surface area (Å²) in [7, 11) is -0.0507. The van der Waals surface area contributed by atoms with Crippen molar-refractivity contribution in [2.75, 3.05) is 14.2 Å². The fourth-order valence-electron chi connectivity index (χ4n) is 0.997. The van der Waals surface area contributed by atoms with Crippen LogP contribution in [0.3, 0.4) is 0 Å². The third-order valence-electron chi connectivity index (χ3n) is 1.73. The summed E-state index contributed by atoms with van der Waals surface area (Å²) in [5, 5.41) is 0. The van der Waals surface area contributed by atoms with Crippen LogP contribution in [0.4, 0.5) is 22.0 Å². The first-order chi connectivity index (χ1) is 8.93. The predicted octanol–water partition coefficient (Wildman–Crippen LogP) is 1.90. The maximum Gasteiger partial charge on any atom is 0.770 e. The van der Waals surface area contributed by atoms with E-state index in [1.165, 1.54) is 0 Å². The Hall–Kier alpha value is -1.43. The maximum atomic E-state index is 13.2. The third-order valence-corrected chi connectivity index (χ3v) is 1.73. The van der Waals surface area contributed by atoms with E-state index < -0.39 is 42.2 Å². The highest BCUT2D eigenvalue weighted by atomic mass is 19.2. The number of benzene rings is 1. The summed E-state index contributed by atoms with van der Waals surface area (Å²) in [6.07, 6.45) is 0. The quantitative estimate of drug-likeness (QED) is 0.200. The van der Waals surface area contributed by atoms with Crippen molar-refractivity contribution in [3.8, 4) is 5.75 Å². The summed E-state index contributed by atoms with van der Waals surface area (Å²) in [6.45, 7) is 0. The maximum absolute atomic E-state index is 13.2. The first kappa shape index (κ1) is 15.6. The molecule has 0 heterocycles. The van der Waals surface area contributed by atoms with Gasteiger partial charge in [-0.15, -0.1) is 0 Å². The van der Waals surface area contributed by atoms with Gasteiger partial charge in [-0.2, -0.15) is 8.78 Å². The summed E-state index contributed by atoms with van der Waals surface area (Å²) < 4.78 is 69.1. The van der Waals surface area contributed by atoms with Crippen LogP contribution in [0.2, 0.25) is 0 Å². The van der Waals surface area contributed by atoms with Crippen molar-refractivity contribution in [2.24, 2.45) is 0 Å². The lowest BCUT2D eigenvalue weighted by atomic mass is 10.2. The zero-order valence-corrected chi connectivity index (χ0v) is 9.51. The molecule has 0 amide bonds. The molecular weight excluding hydrogens is 282 g/mol. The van der Waals surface area contributed by atoms with Gasteiger partial charge in [-0.3, -0.25) is 0 Å². The predicted molar refractivity (Wildman–Crippen MR) is 48.8 cm³/mol. The summed E-state index contributed by atoms with van der Waals surface area (Å²) in [5.41, 5.74) is 0. The second-order valence-corrected chi connectivity index (χ2v) is 2.83. The van der Waals surface area contributed by atoms with Crippen LogP contribution in [0, 0.1) is 29.1 Å². The summed E-state index contributed by atoms with van der Waals surface area (Å²) in [4.78, 5) is 16.4. The Morgan fingerprint density at radius 2 is 1.05 bits per heavy atom. The number of hydrogen-bond acceptors (Lipinski definition) is 5. The molecule has 0 saturated heterocycles. The Labute approximate surface area is 103 Å². The molecule has 0 radical (unpaired) electrons. The molecule has 0 aromatic heterocycles. The van der Waals surface area contributed by atoms with E-state index in [4.69, 9.17) is 0 Å². The molecule has 0 spiro atoms. The monoisotopic (exact) mass is 288 g/mol. The van der Waals surface area contributed by atoms with E-state index in [9.17, 15) is 22.0 Å². The normalized spacial score (nSPS) is 10.7. The van der Waals surface area contributed by atoms with Crippen molar-refractivity contribution in [2.45, 2.75) is 0 Å². The van der Waals surface area contributed by atoms with Crippen molar-refractivity contribution in [1.29, 1.82) is 0 Å². The molecule has 11 heteroatoms. The van der Waals surface area contributed by atoms with Gasteiger partial charge in [0.25, 0.3) is 0 Å². The molecule has 0 fully saturated rings. The molecule has 0 N–H and O–H groups in total. The topological polar surface area (TPSA) is 46.2 Å². The van der Waals surface area contributed by atoms with E-state index in [1.807, 2.05) is 0 Å². The van der Waals surface area contributed by atoms with E-state index >= 15 is 0 Å². The van der Waals surface area contributed by atoms with Crippen molar-refractivity contribution < 1.29 is 46.0 Å². The van der Waals surface area contributed by atoms with Crippen LogP contribution in [-0.4, -0.2) is 21.5 Å². The molecule has 0 aliphatic carbocycles. The second kappa shape index (κ2) is 6.66. The van der Waals surface area contributed by atoms with Gasteiger partial charge in [-0.1, -0.05) is 0 Å². The Morgan fingerprint density at radius 3 is 1.42 bits per heavy atom. The molecule has 1 aromatic rings. The molecule has 0 aliphatic heterocycles. The number of halogens is 5. The molecule has 106 valence electrons.